The van der Waals surface area contributed by atoms with Crippen molar-refractivity contribution in [3.05, 3.63) is 64.0 Å². The van der Waals surface area contributed by atoms with Crippen molar-refractivity contribution in [3.63, 3.8) is 0 Å². The first-order valence-corrected chi connectivity index (χ1v) is 8.59. The number of hydrogen-bond donors (Lipinski definition) is 1. The maximum atomic E-state index is 11.0. The third kappa shape index (κ3) is 4.75. The van der Waals surface area contributed by atoms with E-state index in [1.54, 1.807) is 13.2 Å². The van der Waals surface area contributed by atoms with Crippen molar-refractivity contribution < 1.29 is 9.66 Å². The van der Waals surface area contributed by atoms with Gasteiger partial charge in [0.25, 0.3) is 5.69 Å². The summed E-state index contributed by atoms with van der Waals surface area (Å²) in [6, 6.07) is 12.7. The van der Waals surface area contributed by atoms with Crippen LogP contribution in [0, 0.1) is 10.1 Å². The molecule has 0 amide bonds. The first kappa shape index (κ1) is 20.7. The van der Waals surface area contributed by atoms with Gasteiger partial charge in [-0.2, -0.15) is 0 Å². The number of aromatic nitrogens is 2. The largest absolute Gasteiger partial charge is 0.497 e. The average molecular weight is 391 g/mol. The summed E-state index contributed by atoms with van der Waals surface area (Å²) in [7, 11) is 1.64. The van der Waals surface area contributed by atoms with Gasteiger partial charge in [0.1, 0.15) is 11.6 Å². The number of methoxy groups -OCH3 is 1. The summed E-state index contributed by atoms with van der Waals surface area (Å²) in [5.41, 5.74) is 2.74. The molecule has 0 spiro atoms. The highest BCUT2D eigenvalue weighted by Crippen LogP contribution is 2.23. The first-order chi connectivity index (χ1) is 12.6. The van der Waals surface area contributed by atoms with E-state index in [4.69, 9.17) is 4.74 Å². The first-order valence-electron chi connectivity index (χ1n) is 8.59. The fourth-order valence-corrected chi connectivity index (χ4v) is 2.96. The normalized spacial score (nSPS) is 10.6. The minimum absolute atomic E-state index is 0. The third-order valence-corrected chi connectivity index (χ3v) is 4.31. The molecule has 0 saturated heterocycles. The van der Waals surface area contributed by atoms with Gasteiger partial charge in [-0.25, -0.2) is 4.98 Å². The third-order valence-electron chi connectivity index (χ3n) is 4.31. The lowest BCUT2D eigenvalue weighted by atomic mass is 10.1. The van der Waals surface area contributed by atoms with Crippen LogP contribution in [0.2, 0.25) is 0 Å². The molecule has 27 heavy (non-hydrogen) atoms. The molecule has 0 aliphatic rings. The molecule has 1 aromatic heterocycles. The zero-order valence-electron chi connectivity index (χ0n) is 15.3. The van der Waals surface area contributed by atoms with Crippen LogP contribution in [0.4, 0.5) is 5.69 Å². The molecule has 0 unspecified atom stereocenters. The molecule has 2 aromatic carbocycles. The van der Waals surface area contributed by atoms with Crippen LogP contribution >= 0.6 is 12.4 Å². The molecule has 0 aliphatic heterocycles. The van der Waals surface area contributed by atoms with Crippen LogP contribution in [-0.4, -0.2) is 34.7 Å². The molecule has 1 heterocycles. The van der Waals surface area contributed by atoms with Crippen LogP contribution < -0.4 is 10.1 Å². The van der Waals surface area contributed by atoms with E-state index in [0.717, 1.165) is 42.3 Å². The molecule has 0 fully saturated rings. The van der Waals surface area contributed by atoms with Gasteiger partial charge in [0.2, 0.25) is 0 Å². The van der Waals surface area contributed by atoms with E-state index in [0.29, 0.717) is 11.9 Å². The molecule has 3 rings (SSSR count). The van der Waals surface area contributed by atoms with E-state index in [1.807, 2.05) is 24.3 Å². The fourth-order valence-electron chi connectivity index (χ4n) is 2.96. The van der Waals surface area contributed by atoms with Gasteiger partial charge in [0.15, 0.2) is 0 Å². The Bertz CT molecular complexity index is 909. The maximum Gasteiger partial charge on any atom is 0.271 e. The Kier molecular flexibility index (Phi) is 7.15. The number of likely N-dealkylation sites (N-methyl/N-ethyl adjacent to an activating group) is 1. The maximum absolute atomic E-state index is 11.0. The fraction of sp³-hybridized carbons (Fsp3) is 0.316. The predicted molar refractivity (Wildman–Crippen MR) is 108 cm³/mol. The second-order valence-electron chi connectivity index (χ2n) is 5.99. The topological polar surface area (TPSA) is 82.2 Å². The molecule has 7 nitrogen and oxygen atoms in total. The minimum Gasteiger partial charge on any atom is -0.497 e. The van der Waals surface area contributed by atoms with Crippen molar-refractivity contribution in [2.45, 2.75) is 19.9 Å². The predicted octanol–water partition coefficient (Wildman–Crippen LogP) is 3.58. The lowest BCUT2D eigenvalue weighted by Gasteiger charge is -2.10. The number of ether oxygens (including phenoxy) is 1. The number of nitro groups is 1. The number of nitro benzene ring substituents is 1. The van der Waals surface area contributed by atoms with Crippen molar-refractivity contribution in [1.29, 1.82) is 0 Å². The van der Waals surface area contributed by atoms with Gasteiger partial charge < -0.3 is 14.6 Å². The van der Waals surface area contributed by atoms with Crippen LogP contribution in [0.1, 0.15) is 18.3 Å². The zero-order valence-corrected chi connectivity index (χ0v) is 16.2. The smallest absolute Gasteiger partial charge is 0.271 e. The standard InChI is InChI=1S/C19H22N4O3.ClH/c1-3-20-10-11-22-18-9-6-15(23(24)25)13-17(18)21-19(22)12-14-4-7-16(26-2)8-5-14;/h4-9,13,20H,3,10-12H2,1-2H3;1H. The summed E-state index contributed by atoms with van der Waals surface area (Å²) < 4.78 is 7.33. The molecular formula is C19H23ClN4O3. The van der Waals surface area contributed by atoms with Crippen LogP contribution in [0.15, 0.2) is 42.5 Å². The van der Waals surface area contributed by atoms with Gasteiger partial charge in [-0.05, 0) is 30.3 Å². The molecule has 0 atom stereocenters. The molecule has 0 radical (unpaired) electrons. The molecule has 1 N–H and O–H groups in total. The van der Waals surface area contributed by atoms with Crippen molar-refractivity contribution in [1.82, 2.24) is 14.9 Å². The summed E-state index contributed by atoms with van der Waals surface area (Å²) >= 11 is 0. The van der Waals surface area contributed by atoms with E-state index in [2.05, 4.69) is 21.8 Å². The molecule has 3 aromatic rings. The number of benzene rings is 2. The Labute approximate surface area is 163 Å². The van der Waals surface area contributed by atoms with E-state index in [-0.39, 0.29) is 23.0 Å². The lowest BCUT2D eigenvalue weighted by Crippen LogP contribution is -2.20. The Morgan fingerprint density at radius 3 is 2.59 bits per heavy atom. The summed E-state index contributed by atoms with van der Waals surface area (Å²) in [6.07, 6.45) is 0.651. The Morgan fingerprint density at radius 2 is 1.96 bits per heavy atom. The molecule has 0 saturated carbocycles. The van der Waals surface area contributed by atoms with E-state index < -0.39 is 0 Å². The molecule has 0 aliphatic carbocycles. The van der Waals surface area contributed by atoms with Crippen molar-refractivity contribution in [2.24, 2.45) is 0 Å². The zero-order chi connectivity index (χ0) is 18.5. The lowest BCUT2D eigenvalue weighted by molar-refractivity contribution is -0.384. The van der Waals surface area contributed by atoms with Crippen LogP contribution in [-0.2, 0) is 13.0 Å². The number of nitrogens with zero attached hydrogens (tertiary/aromatic N) is 3. The Balaban J connectivity index is 0.00000261. The number of imidazole rings is 1. The number of halogens is 1. The van der Waals surface area contributed by atoms with Gasteiger partial charge >= 0.3 is 0 Å². The highest BCUT2D eigenvalue weighted by atomic mass is 35.5. The SMILES string of the molecule is CCNCCn1c(Cc2ccc(OC)cc2)nc2cc([N+](=O)[O-])ccc21.Cl. The van der Waals surface area contributed by atoms with Crippen LogP contribution in [0.25, 0.3) is 11.0 Å². The number of nitrogens with one attached hydrogen (secondary N) is 1. The number of fused-ring (bicyclic) bond motifs is 1. The monoisotopic (exact) mass is 390 g/mol. The second kappa shape index (κ2) is 9.34. The highest BCUT2D eigenvalue weighted by Gasteiger charge is 2.15. The van der Waals surface area contributed by atoms with Gasteiger partial charge in [-0.1, -0.05) is 19.1 Å². The Morgan fingerprint density at radius 1 is 1.22 bits per heavy atom. The summed E-state index contributed by atoms with van der Waals surface area (Å²) in [6.45, 7) is 4.53. The van der Waals surface area contributed by atoms with E-state index in [1.165, 1.54) is 12.1 Å². The van der Waals surface area contributed by atoms with Crippen molar-refractivity contribution in [2.75, 3.05) is 20.2 Å². The van der Waals surface area contributed by atoms with Gasteiger partial charge in [-0.3, -0.25) is 10.1 Å². The van der Waals surface area contributed by atoms with Crippen LogP contribution in [0.3, 0.4) is 0 Å². The Hall–Kier alpha value is -2.64. The van der Waals surface area contributed by atoms with Gasteiger partial charge in [-0.15, -0.1) is 12.4 Å². The number of hydrogen-bond acceptors (Lipinski definition) is 5. The van der Waals surface area contributed by atoms with E-state index >= 15 is 0 Å². The minimum atomic E-state index is -0.389. The van der Waals surface area contributed by atoms with Crippen LogP contribution in [0.5, 0.6) is 5.75 Å². The molecule has 144 valence electrons. The average Bonchev–Trinajstić information content (AvgIpc) is 2.99. The van der Waals surface area contributed by atoms with Crippen molar-refractivity contribution >= 4 is 29.1 Å². The summed E-state index contributed by atoms with van der Waals surface area (Å²) in [5.74, 6) is 1.70. The highest BCUT2D eigenvalue weighted by molar-refractivity contribution is 5.85. The second-order valence-corrected chi connectivity index (χ2v) is 5.99. The number of rotatable bonds is 8. The van der Waals surface area contributed by atoms with E-state index in [9.17, 15) is 10.1 Å². The molecular weight excluding hydrogens is 368 g/mol. The summed E-state index contributed by atoms with van der Waals surface area (Å²) in [5, 5.41) is 14.4. The van der Waals surface area contributed by atoms with Gasteiger partial charge in [0, 0.05) is 31.6 Å². The molecule has 8 heteroatoms. The molecule has 0 bridgehead atoms. The van der Waals surface area contributed by atoms with Crippen molar-refractivity contribution in [3.8, 4) is 5.75 Å². The summed E-state index contributed by atoms with van der Waals surface area (Å²) in [4.78, 5) is 15.3. The van der Waals surface area contributed by atoms with Gasteiger partial charge in [0.05, 0.1) is 23.1 Å². The quantitative estimate of drug-likeness (QED) is 0.361. The number of non-ortho nitro benzene ring substituents is 1.